The lowest BCUT2D eigenvalue weighted by Crippen LogP contribution is -1.98. The smallest absolute Gasteiger partial charge is 0.0180 e. The SMILES string of the molecule is C=C/C(=C\C=N)CCN. The lowest BCUT2D eigenvalue weighted by molar-refractivity contribution is 0.976. The van der Waals surface area contributed by atoms with Gasteiger partial charge in [-0.2, -0.15) is 0 Å². The highest BCUT2D eigenvalue weighted by molar-refractivity contribution is 5.69. The van der Waals surface area contributed by atoms with Crippen LogP contribution in [0.3, 0.4) is 0 Å². The van der Waals surface area contributed by atoms with Crippen molar-refractivity contribution in [2.24, 2.45) is 5.73 Å². The van der Waals surface area contributed by atoms with E-state index in [1.54, 1.807) is 12.2 Å². The summed E-state index contributed by atoms with van der Waals surface area (Å²) in [7, 11) is 0. The second kappa shape index (κ2) is 5.25. The summed E-state index contributed by atoms with van der Waals surface area (Å²) >= 11 is 0. The number of nitrogens with two attached hydrogens (primary N) is 1. The van der Waals surface area contributed by atoms with E-state index in [4.69, 9.17) is 11.1 Å². The van der Waals surface area contributed by atoms with Gasteiger partial charge in [0.05, 0.1) is 0 Å². The summed E-state index contributed by atoms with van der Waals surface area (Å²) in [6, 6.07) is 0. The molecular weight excluding hydrogens is 112 g/mol. The van der Waals surface area contributed by atoms with Gasteiger partial charge in [0.25, 0.3) is 0 Å². The fraction of sp³-hybridized carbons (Fsp3) is 0.286. The average Bonchev–Trinajstić information content (AvgIpc) is 1.88. The Balaban J connectivity index is 3.80. The molecule has 9 heavy (non-hydrogen) atoms. The zero-order chi connectivity index (χ0) is 7.11. The topological polar surface area (TPSA) is 49.9 Å². The molecule has 0 aromatic carbocycles. The Morgan fingerprint density at radius 3 is 2.67 bits per heavy atom. The molecule has 0 unspecified atom stereocenters. The van der Waals surface area contributed by atoms with Crippen LogP contribution in [0.1, 0.15) is 6.42 Å². The van der Waals surface area contributed by atoms with Crippen LogP contribution < -0.4 is 5.73 Å². The molecule has 0 saturated carbocycles. The minimum absolute atomic E-state index is 0.617. The second-order valence-electron chi connectivity index (χ2n) is 1.65. The maximum Gasteiger partial charge on any atom is 0.0180 e. The molecule has 0 radical (unpaired) electrons. The van der Waals surface area contributed by atoms with Crippen molar-refractivity contribution < 1.29 is 0 Å². The Hall–Kier alpha value is -0.890. The van der Waals surface area contributed by atoms with E-state index in [-0.39, 0.29) is 0 Å². The molecule has 0 atom stereocenters. The van der Waals surface area contributed by atoms with Gasteiger partial charge in [0.1, 0.15) is 0 Å². The average molecular weight is 124 g/mol. The van der Waals surface area contributed by atoms with Gasteiger partial charge in [0, 0.05) is 6.21 Å². The van der Waals surface area contributed by atoms with Crippen molar-refractivity contribution in [3.63, 3.8) is 0 Å². The van der Waals surface area contributed by atoms with E-state index < -0.39 is 0 Å². The zero-order valence-electron chi connectivity index (χ0n) is 5.43. The molecule has 0 spiro atoms. The van der Waals surface area contributed by atoms with Gasteiger partial charge in [-0.05, 0) is 24.6 Å². The fourth-order valence-electron chi connectivity index (χ4n) is 0.527. The normalized spacial score (nSPS) is 11.0. The van der Waals surface area contributed by atoms with E-state index >= 15 is 0 Å². The Morgan fingerprint density at radius 2 is 2.33 bits per heavy atom. The molecule has 50 valence electrons. The van der Waals surface area contributed by atoms with Crippen LogP contribution in [0.15, 0.2) is 24.3 Å². The Bertz CT molecular complexity index is 125. The molecule has 0 fully saturated rings. The van der Waals surface area contributed by atoms with Crippen LogP contribution in [-0.4, -0.2) is 12.8 Å². The third kappa shape index (κ3) is 3.67. The van der Waals surface area contributed by atoms with Crippen molar-refractivity contribution in [2.75, 3.05) is 6.54 Å². The Morgan fingerprint density at radius 1 is 1.67 bits per heavy atom. The van der Waals surface area contributed by atoms with Gasteiger partial charge in [0.2, 0.25) is 0 Å². The molecule has 0 aliphatic carbocycles. The van der Waals surface area contributed by atoms with Crippen LogP contribution >= 0.6 is 0 Å². The zero-order valence-corrected chi connectivity index (χ0v) is 5.43. The van der Waals surface area contributed by atoms with E-state index in [2.05, 4.69) is 6.58 Å². The summed E-state index contributed by atoms with van der Waals surface area (Å²) in [5.74, 6) is 0. The molecule has 0 amide bonds. The van der Waals surface area contributed by atoms with Crippen molar-refractivity contribution >= 4 is 6.21 Å². The van der Waals surface area contributed by atoms with Crippen molar-refractivity contribution in [3.05, 3.63) is 24.3 Å². The van der Waals surface area contributed by atoms with Crippen LogP contribution in [0.5, 0.6) is 0 Å². The van der Waals surface area contributed by atoms with E-state index in [1.807, 2.05) is 0 Å². The minimum atomic E-state index is 0.617. The molecule has 3 N–H and O–H groups in total. The summed E-state index contributed by atoms with van der Waals surface area (Å²) in [6.07, 6.45) is 5.46. The van der Waals surface area contributed by atoms with Gasteiger partial charge >= 0.3 is 0 Å². The first kappa shape index (κ1) is 8.11. The maximum absolute atomic E-state index is 6.72. The van der Waals surface area contributed by atoms with E-state index in [1.165, 1.54) is 6.21 Å². The Labute approximate surface area is 55.6 Å². The molecule has 2 heteroatoms. The van der Waals surface area contributed by atoms with Gasteiger partial charge in [-0.25, -0.2) is 0 Å². The van der Waals surface area contributed by atoms with Gasteiger partial charge in [0.15, 0.2) is 0 Å². The largest absolute Gasteiger partial charge is 0.330 e. The molecule has 0 saturated heterocycles. The van der Waals surface area contributed by atoms with Gasteiger partial charge in [-0.1, -0.05) is 12.7 Å². The van der Waals surface area contributed by atoms with E-state index in [0.717, 1.165) is 12.0 Å². The van der Waals surface area contributed by atoms with Crippen LogP contribution in [0, 0.1) is 5.41 Å². The van der Waals surface area contributed by atoms with E-state index in [0.29, 0.717) is 6.54 Å². The highest BCUT2D eigenvalue weighted by Crippen LogP contribution is 1.97. The second-order valence-corrected chi connectivity index (χ2v) is 1.65. The molecule has 0 heterocycles. The summed E-state index contributed by atoms with van der Waals surface area (Å²) in [6.45, 7) is 4.19. The van der Waals surface area contributed by atoms with Crippen LogP contribution in [0.2, 0.25) is 0 Å². The third-order valence-electron chi connectivity index (χ3n) is 0.993. The van der Waals surface area contributed by atoms with Crippen LogP contribution in [0.25, 0.3) is 0 Å². The molecule has 0 aromatic heterocycles. The minimum Gasteiger partial charge on any atom is -0.330 e. The molecule has 0 aromatic rings. The number of hydrogen-bond donors (Lipinski definition) is 2. The van der Waals surface area contributed by atoms with Gasteiger partial charge < -0.3 is 11.1 Å². The van der Waals surface area contributed by atoms with Crippen molar-refractivity contribution in [2.45, 2.75) is 6.42 Å². The molecule has 0 rings (SSSR count). The summed E-state index contributed by atoms with van der Waals surface area (Å²) < 4.78 is 0. The molecule has 0 aliphatic rings. The first-order valence-electron chi connectivity index (χ1n) is 2.87. The molecule has 0 aliphatic heterocycles. The monoisotopic (exact) mass is 124 g/mol. The summed E-state index contributed by atoms with van der Waals surface area (Å²) in [5, 5.41) is 6.72. The lowest BCUT2D eigenvalue weighted by atomic mass is 10.2. The third-order valence-corrected chi connectivity index (χ3v) is 0.993. The van der Waals surface area contributed by atoms with Gasteiger partial charge in [-0.3, -0.25) is 0 Å². The first-order valence-corrected chi connectivity index (χ1v) is 2.87. The Kier molecular flexibility index (Phi) is 4.73. The highest BCUT2D eigenvalue weighted by atomic mass is 14.5. The van der Waals surface area contributed by atoms with Crippen LogP contribution in [-0.2, 0) is 0 Å². The van der Waals surface area contributed by atoms with Crippen LogP contribution in [0.4, 0.5) is 0 Å². The standard InChI is InChI=1S/C7H12N2/c1-2-7(3-5-8)4-6-9/h2-3,5,8H,1,4,6,9H2/b7-3+,8-5?. The quantitative estimate of drug-likeness (QED) is 0.428. The van der Waals surface area contributed by atoms with Crippen molar-refractivity contribution in [1.82, 2.24) is 0 Å². The summed E-state index contributed by atoms with van der Waals surface area (Å²) in [4.78, 5) is 0. The first-order chi connectivity index (χ1) is 4.35. The lowest BCUT2D eigenvalue weighted by Gasteiger charge is -1.93. The number of allylic oxidation sites excluding steroid dienone is 2. The number of hydrogen-bond acceptors (Lipinski definition) is 2. The van der Waals surface area contributed by atoms with Crippen molar-refractivity contribution in [1.29, 1.82) is 5.41 Å². The highest BCUT2D eigenvalue weighted by Gasteiger charge is 1.84. The number of rotatable bonds is 4. The van der Waals surface area contributed by atoms with Crippen molar-refractivity contribution in [3.8, 4) is 0 Å². The number of nitrogens with one attached hydrogen (secondary N) is 1. The maximum atomic E-state index is 6.72. The predicted octanol–water partition coefficient (Wildman–Crippen LogP) is 1.10. The predicted molar refractivity (Wildman–Crippen MR) is 40.7 cm³/mol. The summed E-state index contributed by atoms with van der Waals surface area (Å²) in [5.41, 5.74) is 6.29. The molecular formula is C7H12N2. The van der Waals surface area contributed by atoms with E-state index in [9.17, 15) is 0 Å². The molecule has 2 nitrogen and oxygen atoms in total. The fourth-order valence-corrected chi connectivity index (χ4v) is 0.527. The molecule has 0 bridgehead atoms. The van der Waals surface area contributed by atoms with Gasteiger partial charge in [-0.15, -0.1) is 0 Å².